The van der Waals surface area contributed by atoms with Crippen LogP contribution in [0, 0.1) is 5.92 Å². The molecule has 2 rings (SSSR count). The molecule has 1 unspecified atom stereocenters. The standard InChI is InChI=1S/C20H33N3O5/c1-4-28-18(26)20(21-14-24)12-16(20)9-7-5-6-8-10-22(3)19(27)23-13-17(25)11-15(23)2/h7,9,14-17,25H,4-6,8,10-13H2,1-3H3,(H,21,24)/b9-7-/t15?,16-,17+,20-/m1/s1. The molecule has 1 saturated carbocycles. The number of urea groups is 1. The van der Waals surface area contributed by atoms with E-state index >= 15 is 0 Å². The lowest BCUT2D eigenvalue weighted by Crippen LogP contribution is -2.43. The molecule has 1 heterocycles. The zero-order valence-electron chi connectivity index (χ0n) is 17.1. The van der Waals surface area contributed by atoms with Crippen molar-refractivity contribution < 1.29 is 24.2 Å². The lowest BCUT2D eigenvalue weighted by Gasteiger charge is -2.27. The lowest BCUT2D eigenvalue weighted by molar-refractivity contribution is -0.148. The van der Waals surface area contributed by atoms with Crippen LogP contribution >= 0.6 is 0 Å². The van der Waals surface area contributed by atoms with E-state index in [1.165, 1.54) is 0 Å². The van der Waals surface area contributed by atoms with Gasteiger partial charge in [0, 0.05) is 32.1 Å². The number of carbonyl (C=O) groups excluding carboxylic acids is 3. The molecular formula is C20H33N3O5. The van der Waals surface area contributed by atoms with E-state index in [-0.39, 0.29) is 24.0 Å². The van der Waals surface area contributed by atoms with Crippen molar-refractivity contribution in [1.82, 2.24) is 15.1 Å². The summed E-state index contributed by atoms with van der Waals surface area (Å²) in [6, 6.07) is 0.0443. The third-order valence-corrected chi connectivity index (χ3v) is 5.58. The first kappa shape index (κ1) is 22.2. The zero-order chi connectivity index (χ0) is 20.7. The largest absolute Gasteiger partial charge is 0.464 e. The van der Waals surface area contributed by atoms with E-state index in [2.05, 4.69) is 5.32 Å². The molecule has 8 nitrogen and oxygen atoms in total. The maximum absolute atomic E-state index is 12.4. The fraction of sp³-hybridized carbons (Fsp3) is 0.750. The summed E-state index contributed by atoms with van der Waals surface area (Å²) in [6.45, 7) is 5.06. The Morgan fingerprint density at radius 3 is 2.75 bits per heavy atom. The van der Waals surface area contributed by atoms with Crippen molar-refractivity contribution in [3.8, 4) is 0 Å². The molecule has 2 N–H and O–H groups in total. The molecule has 0 aromatic heterocycles. The molecule has 1 aliphatic heterocycles. The molecule has 2 fully saturated rings. The first-order chi connectivity index (χ1) is 13.4. The molecule has 1 saturated heterocycles. The van der Waals surface area contributed by atoms with Crippen LogP contribution in [0.4, 0.5) is 4.79 Å². The Hall–Kier alpha value is -2.09. The Kier molecular flexibility index (Phi) is 7.86. The highest BCUT2D eigenvalue weighted by Gasteiger charge is 2.60. The number of likely N-dealkylation sites (tertiary alicyclic amines) is 1. The van der Waals surface area contributed by atoms with Crippen LogP contribution in [-0.4, -0.2) is 77.7 Å². The maximum atomic E-state index is 12.4. The third kappa shape index (κ3) is 5.25. The van der Waals surface area contributed by atoms with Gasteiger partial charge in [-0.3, -0.25) is 4.79 Å². The van der Waals surface area contributed by atoms with Crippen LogP contribution in [-0.2, 0) is 14.3 Å². The highest BCUT2D eigenvalue weighted by atomic mass is 16.5. The van der Waals surface area contributed by atoms with E-state index in [1.54, 1.807) is 23.8 Å². The number of β-amino-alcohol motifs (C(OH)–C–C–N with tert-alkyl or cyclic N) is 1. The van der Waals surface area contributed by atoms with Gasteiger partial charge in [-0.2, -0.15) is 0 Å². The molecule has 1 aliphatic carbocycles. The number of aliphatic hydroxyl groups excluding tert-OH is 1. The molecule has 8 heteroatoms. The van der Waals surface area contributed by atoms with E-state index in [1.807, 2.05) is 19.1 Å². The number of allylic oxidation sites excluding steroid dienone is 1. The number of carbonyl (C=O) groups is 3. The van der Waals surface area contributed by atoms with Crippen molar-refractivity contribution in [2.75, 3.05) is 26.7 Å². The van der Waals surface area contributed by atoms with Gasteiger partial charge in [0.05, 0.1) is 12.7 Å². The van der Waals surface area contributed by atoms with Gasteiger partial charge >= 0.3 is 12.0 Å². The van der Waals surface area contributed by atoms with E-state index in [0.29, 0.717) is 38.9 Å². The lowest BCUT2D eigenvalue weighted by atomic mass is 10.1. The Labute approximate surface area is 166 Å². The number of hydrogen-bond donors (Lipinski definition) is 2. The number of hydrogen-bond acceptors (Lipinski definition) is 5. The van der Waals surface area contributed by atoms with E-state index < -0.39 is 11.6 Å². The van der Waals surface area contributed by atoms with Crippen LogP contribution in [0.15, 0.2) is 12.2 Å². The van der Waals surface area contributed by atoms with Gasteiger partial charge < -0.3 is 25.0 Å². The number of aliphatic hydroxyl groups is 1. The molecule has 0 bridgehead atoms. The monoisotopic (exact) mass is 395 g/mol. The molecule has 2 aliphatic rings. The Balaban J connectivity index is 1.67. The van der Waals surface area contributed by atoms with Gasteiger partial charge in [-0.1, -0.05) is 12.2 Å². The highest BCUT2D eigenvalue weighted by Crippen LogP contribution is 2.45. The van der Waals surface area contributed by atoms with Gasteiger partial charge in [-0.15, -0.1) is 0 Å². The third-order valence-electron chi connectivity index (χ3n) is 5.58. The minimum absolute atomic E-state index is 0.0240. The van der Waals surface area contributed by atoms with Crippen molar-refractivity contribution >= 4 is 18.4 Å². The summed E-state index contributed by atoms with van der Waals surface area (Å²) in [6.07, 6.45) is 7.97. The number of nitrogens with one attached hydrogen (secondary N) is 1. The molecule has 0 spiro atoms. The van der Waals surface area contributed by atoms with Gasteiger partial charge in [-0.25, -0.2) is 9.59 Å². The number of rotatable bonds is 10. The Morgan fingerprint density at radius 2 is 2.14 bits per heavy atom. The van der Waals surface area contributed by atoms with Gasteiger partial charge in [0.2, 0.25) is 6.41 Å². The van der Waals surface area contributed by atoms with Crippen LogP contribution in [0.3, 0.4) is 0 Å². The average Bonchev–Trinajstić information content (AvgIpc) is 3.25. The number of nitrogens with zero attached hydrogens (tertiary/aromatic N) is 2. The molecule has 4 atom stereocenters. The minimum atomic E-state index is -0.891. The molecule has 158 valence electrons. The van der Waals surface area contributed by atoms with Crippen LogP contribution < -0.4 is 5.32 Å². The molecule has 28 heavy (non-hydrogen) atoms. The van der Waals surface area contributed by atoms with Crippen molar-refractivity contribution in [2.45, 2.75) is 63.6 Å². The quantitative estimate of drug-likeness (QED) is 0.251. The van der Waals surface area contributed by atoms with Gasteiger partial charge in [0.1, 0.15) is 5.54 Å². The van der Waals surface area contributed by atoms with Crippen molar-refractivity contribution in [1.29, 1.82) is 0 Å². The zero-order valence-corrected chi connectivity index (χ0v) is 17.1. The van der Waals surface area contributed by atoms with Gasteiger partial charge in [0.15, 0.2) is 0 Å². The summed E-state index contributed by atoms with van der Waals surface area (Å²) in [5.41, 5.74) is -0.891. The predicted molar refractivity (Wildman–Crippen MR) is 104 cm³/mol. The molecule has 0 radical (unpaired) electrons. The Bertz CT molecular complexity index is 596. The molecular weight excluding hydrogens is 362 g/mol. The predicted octanol–water partition coefficient (Wildman–Crippen LogP) is 1.29. The number of amides is 3. The smallest absolute Gasteiger partial charge is 0.332 e. The summed E-state index contributed by atoms with van der Waals surface area (Å²) >= 11 is 0. The topological polar surface area (TPSA) is 99.2 Å². The van der Waals surface area contributed by atoms with Crippen molar-refractivity contribution in [2.24, 2.45) is 5.92 Å². The fourth-order valence-electron chi connectivity index (χ4n) is 3.80. The Morgan fingerprint density at radius 1 is 1.39 bits per heavy atom. The van der Waals surface area contributed by atoms with Gasteiger partial charge in [0.25, 0.3) is 0 Å². The van der Waals surface area contributed by atoms with Crippen molar-refractivity contribution in [3.05, 3.63) is 12.2 Å². The first-order valence-electron chi connectivity index (χ1n) is 10.1. The van der Waals surface area contributed by atoms with E-state index in [9.17, 15) is 19.5 Å². The normalized spacial score (nSPS) is 29.0. The maximum Gasteiger partial charge on any atom is 0.332 e. The average molecular weight is 396 g/mol. The molecule has 3 amide bonds. The number of esters is 1. The highest BCUT2D eigenvalue weighted by molar-refractivity contribution is 5.88. The first-order valence-corrected chi connectivity index (χ1v) is 10.1. The second kappa shape index (κ2) is 9.91. The minimum Gasteiger partial charge on any atom is -0.464 e. The number of ether oxygens (including phenoxy) is 1. The summed E-state index contributed by atoms with van der Waals surface area (Å²) in [7, 11) is 1.79. The van der Waals surface area contributed by atoms with Crippen LogP contribution in [0.2, 0.25) is 0 Å². The van der Waals surface area contributed by atoms with Crippen LogP contribution in [0.5, 0.6) is 0 Å². The summed E-state index contributed by atoms with van der Waals surface area (Å²) < 4.78 is 5.05. The van der Waals surface area contributed by atoms with Gasteiger partial charge in [-0.05, 0) is 46.0 Å². The van der Waals surface area contributed by atoms with E-state index in [0.717, 1.165) is 19.3 Å². The molecule has 0 aromatic rings. The summed E-state index contributed by atoms with van der Waals surface area (Å²) in [4.78, 5) is 38.7. The van der Waals surface area contributed by atoms with E-state index in [4.69, 9.17) is 4.74 Å². The number of unbranched alkanes of at least 4 members (excludes halogenated alkanes) is 2. The fourth-order valence-corrected chi connectivity index (χ4v) is 3.80. The van der Waals surface area contributed by atoms with Crippen molar-refractivity contribution in [3.63, 3.8) is 0 Å². The summed E-state index contributed by atoms with van der Waals surface area (Å²) in [5.74, 6) is -0.401. The SMILES string of the molecule is CCOC(=O)[C@@]1(NC=O)C[C@H]1/C=C\CCCCN(C)C(=O)N1C[C@@H](O)CC1C. The molecule has 0 aromatic carbocycles. The summed E-state index contributed by atoms with van der Waals surface area (Å²) in [5, 5.41) is 12.3. The van der Waals surface area contributed by atoms with Crippen LogP contribution in [0.25, 0.3) is 0 Å². The second-order valence-corrected chi connectivity index (χ2v) is 7.78. The second-order valence-electron chi connectivity index (χ2n) is 7.78. The van der Waals surface area contributed by atoms with Crippen LogP contribution in [0.1, 0.15) is 46.0 Å².